The van der Waals surface area contributed by atoms with Gasteiger partial charge in [-0.3, -0.25) is 14.4 Å². The Balaban J connectivity index is 3.07. The van der Waals surface area contributed by atoms with Gasteiger partial charge in [-0.25, -0.2) is 4.39 Å². The minimum Gasteiger partial charge on any atom is -0.455 e. The Labute approximate surface area is 147 Å². The summed E-state index contributed by atoms with van der Waals surface area (Å²) in [4.78, 5) is 35.4. The van der Waals surface area contributed by atoms with Crippen LogP contribution in [0, 0.1) is 5.82 Å². The number of halogens is 1. The van der Waals surface area contributed by atoms with E-state index in [1.807, 2.05) is 0 Å². The number of benzene rings is 1. The van der Waals surface area contributed by atoms with Crippen molar-refractivity contribution in [2.24, 2.45) is 0 Å². The normalized spacial score (nSPS) is 10.9. The highest BCUT2D eigenvalue weighted by molar-refractivity contribution is 6.65. The highest BCUT2D eigenvalue weighted by Crippen LogP contribution is 2.22. The maximum absolute atomic E-state index is 13.3. The van der Waals surface area contributed by atoms with E-state index in [9.17, 15) is 18.8 Å². The number of carbonyl (C=O) groups is 3. The van der Waals surface area contributed by atoms with Gasteiger partial charge in [0.1, 0.15) is 5.82 Å². The molecule has 0 amide bonds. The summed E-state index contributed by atoms with van der Waals surface area (Å²) in [5, 5.41) is 0. The van der Waals surface area contributed by atoms with Crippen LogP contribution in [0.4, 0.5) is 4.39 Å². The largest absolute Gasteiger partial charge is 0.705 e. The van der Waals surface area contributed by atoms with E-state index in [-0.39, 0.29) is 31.7 Å². The Bertz CT molecular complexity index is 573. The fourth-order valence-electron chi connectivity index (χ4n) is 1.94. The average molecular weight is 370 g/mol. The third-order valence-electron chi connectivity index (χ3n) is 3.28. The van der Waals surface area contributed by atoms with Crippen molar-refractivity contribution in [1.29, 1.82) is 0 Å². The summed E-state index contributed by atoms with van der Waals surface area (Å²) in [6.07, 6.45) is 0.362. The summed E-state index contributed by atoms with van der Waals surface area (Å²) in [5.41, 5.74) is 0.615. The van der Waals surface area contributed by atoms with Gasteiger partial charge in [0.15, 0.2) is 0 Å². The molecule has 0 aliphatic rings. The minimum atomic E-state index is -3.92. The first kappa shape index (κ1) is 20.8. The molecule has 0 aliphatic heterocycles. The Morgan fingerprint density at radius 3 is 1.80 bits per heavy atom. The molecule has 0 N–H and O–H groups in total. The van der Waals surface area contributed by atoms with Crippen molar-refractivity contribution in [1.82, 2.24) is 0 Å². The quantitative estimate of drug-likeness (QED) is 0.621. The summed E-state index contributed by atoms with van der Waals surface area (Å²) in [5.74, 6) is -2.29. The van der Waals surface area contributed by atoms with Crippen LogP contribution in [-0.4, -0.2) is 26.7 Å². The highest BCUT2D eigenvalue weighted by atomic mass is 28.4. The predicted molar refractivity (Wildman–Crippen MR) is 89.8 cm³/mol. The van der Waals surface area contributed by atoms with Gasteiger partial charge in [-0.1, -0.05) is 32.9 Å². The van der Waals surface area contributed by atoms with Crippen molar-refractivity contribution in [3.8, 4) is 0 Å². The first-order chi connectivity index (χ1) is 11.8. The fraction of sp³-hybridized carbons (Fsp3) is 0.471. The lowest BCUT2D eigenvalue weighted by Gasteiger charge is -2.27. The zero-order chi connectivity index (χ0) is 18.9. The number of hydrogen-bond donors (Lipinski definition) is 0. The lowest BCUT2D eigenvalue weighted by molar-refractivity contribution is -0.150. The minimum absolute atomic E-state index is 0.000324. The second-order valence-corrected chi connectivity index (χ2v) is 7.77. The summed E-state index contributed by atoms with van der Waals surface area (Å²) in [6.45, 7) is 4.74. The molecular formula is C17H23FO6Si. The third-order valence-corrected chi connectivity index (χ3v) is 5.76. The first-order valence-corrected chi connectivity index (χ1v) is 10.2. The highest BCUT2D eigenvalue weighted by Gasteiger charge is 2.52. The van der Waals surface area contributed by atoms with Crippen molar-refractivity contribution in [2.45, 2.75) is 52.5 Å². The topological polar surface area (TPSA) is 78.9 Å². The molecule has 0 atom stereocenters. The molecule has 0 fully saturated rings. The monoisotopic (exact) mass is 370 g/mol. The SMILES string of the molecule is CCC(=O)O[Si](CCc1cccc(F)c1)(OC(=O)CC)OC(=O)CC. The average Bonchev–Trinajstić information content (AvgIpc) is 2.59. The smallest absolute Gasteiger partial charge is 0.455 e. The first-order valence-electron chi connectivity index (χ1n) is 8.24. The maximum Gasteiger partial charge on any atom is 0.705 e. The number of carbonyl (C=O) groups excluding carboxylic acids is 3. The molecule has 0 aliphatic carbocycles. The second kappa shape index (κ2) is 9.92. The second-order valence-electron chi connectivity index (χ2n) is 5.30. The Hall–Kier alpha value is -2.22. The molecule has 0 saturated carbocycles. The zero-order valence-electron chi connectivity index (χ0n) is 14.7. The number of aryl methyl sites for hydroxylation is 1. The van der Waals surface area contributed by atoms with E-state index in [4.69, 9.17) is 13.3 Å². The van der Waals surface area contributed by atoms with Crippen LogP contribution in [0.15, 0.2) is 24.3 Å². The van der Waals surface area contributed by atoms with E-state index in [2.05, 4.69) is 0 Å². The van der Waals surface area contributed by atoms with Crippen LogP contribution in [0.5, 0.6) is 0 Å². The molecule has 25 heavy (non-hydrogen) atoms. The Kier molecular flexibility index (Phi) is 8.27. The van der Waals surface area contributed by atoms with Crippen molar-refractivity contribution >= 4 is 26.7 Å². The summed E-state index contributed by atoms with van der Waals surface area (Å²) in [7, 11) is -3.92. The predicted octanol–water partition coefficient (Wildman–Crippen LogP) is 3.17. The van der Waals surface area contributed by atoms with Gasteiger partial charge in [0.2, 0.25) is 0 Å². The fourth-order valence-corrected chi connectivity index (χ4v) is 4.44. The van der Waals surface area contributed by atoms with Crippen molar-refractivity contribution in [3.63, 3.8) is 0 Å². The van der Waals surface area contributed by atoms with Crippen molar-refractivity contribution in [3.05, 3.63) is 35.6 Å². The van der Waals surface area contributed by atoms with Crippen LogP contribution < -0.4 is 0 Å². The maximum atomic E-state index is 13.3. The molecule has 6 nitrogen and oxygen atoms in total. The van der Waals surface area contributed by atoms with Gasteiger partial charge in [-0.2, -0.15) is 0 Å². The number of rotatable bonds is 9. The lowest BCUT2D eigenvalue weighted by Crippen LogP contribution is -2.50. The van der Waals surface area contributed by atoms with Gasteiger partial charge in [0.25, 0.3) is 17.9 Å². The van der Waals surface area contributed by atoms with E-state index < -0.39 is 32.5 Å². The molecule has 0 heterocycles. The number of hydrogen-bond acceptors (Lipinski definition) is 6. The summed E-state index contributed by atoms with van der Waals surface area (Å²) < 4.78 is 29.2. The summed E-state index contributed by atoms with van der Waals surface area (Å²) in [6, 6.07) is 5.86. The van der Waals surface area contributed by atoms with E-state index in [1.165, 1.54) is 12.1 Å². The van der Waals surface area contributed by atoms with Gasteiger partial charge in [0, 0.05) is 19.3 Å². The van der Waals surface area contributed by atoms with E-state index in [1.54, 1.807) is 32.9 Å². The molecule has 0 aromatic heterocycles. The van der Waals surface area contributed by atoms with Gasteiger partial charge >= 0.3 is 8.80 Å². The van der Waals surface area contributed by atoms with Crippen LogP contribution in [0.1, 0.15) is 45.6 Å². The van der Waals surface area contributed by atoms with Crippen molar-refractivity contribution < 1.29 is 32.1 Å². The van der Waals surface area contributed by atoms with E-state index in [0.29, 0.717) is 5.56 Å². The van der Waals surface area contributed by atoms with Gasteiger partial charge in [-0.05, 0) is 24.1 Å². The van der Waals surface area contributed by atoms with E-state index in [0.717, 1.165) is 0 Å². The standard InChI is InChI=1S/C17H23FO6Si/c1-4-15(19)22-25(23-16(20)5-2,24-17(21)6-3)11-10-13-8-7-9-14(18)12-13/h7-9,12H,4-6,10-11H2,1-3H3. The lowest BCUT2D eigenvalue weighted by atomic mass is 10.2. The van der Waals surface area contributed by atoms with Gasteiger partial charge < -0.3 is 13.3 Å². The van der Waals surface area contributed by atoms with Crippen LogP contribution >= 0.6 is 0 Å². The third kappa shape index (κ3) is 7.04. The van der Waals surface area contributed by atoms with Gasteiger partial charge in [-0.15, -0.1) is 0 Å². The molecular weight excluding hydrogens is 347 g/mol. The van der Waals surface area contributed by atoms with Crippen LogP contribution in [0.25, 0.3) is 0 Å². The van der Waals surface area contributed by atoms with E-state index >= 15 is 0 Å². The molecule has 138 valence electrons. The molecule has 8 heteroatoms. The van der Waals surface area contributed by atoms with Crippen LogP contribution in [0.3, 0.4) is 0 Å². The zero-order valence-corrected chi connectivity index (χ0v) is 15.7. The van der Waals surface area contributed by atoms with Crippen LogP contribution in [-0.2, 0) is 34.1 Å². The molecule has 0 saturated heterocycles. The molecule has 0 spiro atoms. The summed E-state index contributed by atoms with van der Waals surface area (Å²) >= 11 is 0. The Morgan fingerprint density at radius 2 is 1.40 bits per heavy atom. The molecule has 0 unspecified atom stereocenters. The molecule has 1 rings (SSSR count). The Morgan fingerprint density at radius 1 is 0.920 bits per heavy atom. The molecule has 0 bridgehead atoms. The molecule has 0 radical (unpaired) electrons. The van der Waals surface area contributed by atoms with Crippen LogP contribution in [0.2, 0.25) is 6.04 Å². The molecule has 1 aromatic carbocycles. The van der Waals surface area contributed by atoms with Crippen molar-refractivity contribution in [2.75, 3.05) is 0 Å². The molecule has 1 aromatic rings. The van der Waals surface area contributed by atoms with Gasteiger partial charge in [0.05, 0.1) is 6.04 Å².